The average molecular weight is 302 g/mol. The highest BCUT2D eigenvalue weighted by Crippen LogP contribution is 2.39. The molecule has 0 atom stereocenters. The maximum absolute atomic E-state index is 12.0. The lowest BCUT2D eigenvalue weighted by molar-refractivity contribution is -0.177. The molecule has 0 aromatic heterocycles. The molecule has 0 fully saturated rings. The van der Waals surface area contributed by atoms with Gasteiger partial charge in [0.1, 0.15) is 11.9 Å². The summed E-state index contributed by atoms with van der Waals surface area (Å²) in [5, 5.41) is 0. The van der Waals surface area contributed by atoms with Gasteiger partial charge in [-0.05, 0) is 0 Å². The second kappa shape index (κ2) is 5.58. The Bertz CT molecular complexity index is 327. The van der Waals surface area contributed by atoms with Gasteiger partial charge < -0.3 is 9.79 Å². The highest BCUT2D eigenvalue weighted by Gasteiger charge is 2.42. The smallest absolute Gasteiger partial charge is 0.324 e. The van der Waals surface area contributed by atoms with Gasteiger partial charge in [-0.2, -0.15) is 26.3 Å². The number of carbonyl (C=O) groups is 1. The van der Waals surface area contributed by atoms with Crippen molar-refractivity contribution >= 4 is 13.4 Å². The largest absolute Gasteiger partial charge is 0.389 e. The molecule has 0 unspecified atom stereocenters. The third kappa shape index (κ3) is 9.43. The van der Waals surface area contributed by atoms with Gasteiger partial charge in [-0.25, -0.2) is 0 Å². The maximum atomic E-state index is 12.0. The molecule has 0 rings (SSSR count). The van der Waals surface area contributed by atoms with Crippen molar-refractivity contribution in [1.82, 2.24) is 0 Å². The number of Topliss-reactive ketones (excluding diaryl/α,β-unsaturated/α-hetero) is 1. The summed E-state index contributed by atoms with van der Waals surface area (Å²) in [4.78, 5) is 27.7. The normalized spacial score (nSPS) is 14.1. The fourth-order valence-corrected chi connectivity index (χ4v) is 1.85. The van der Waals surface area contributed by atoms with Crippen molar-refractivity contribution in [2.45, 2.75) is 25.2 Å². The number of carbonyl (C=O) groups excluding carboxylic acids is 1. The molecule has 0 saturated carbocycles. The third-order valence-corrected chi connectivity index (χ3v) is 2.50. The molecule has 4 nitrogen and oxygen atoms in total. The Kier molecular flexibility index (Phi) is 5.39. The van der Waals surface area contributed by atoms with Gasteiger partial charge in [0.05, 0.1) is 12.8 Å². The van der Waals surface area contributed by atoms with Gasteiger partial charge in [0.25, 0.3) is 0 Å². The Balaban J connectivity index is 4.87. The van der Waals surface area contributed by atoms with E-state index in [0.717, 1.165) is 0 Å². The van der Waals surface area contributed by atoms with Gasteiger partial charge in [0.15, 0.2) is 0 Å². The van der Waals surface area contributed by atoms with Gasteiger partial charge in [-0.15, -0.1) is 0 Å². The molecule has 0 spiro atoms. The van der Waals surface area contributed by atoms with Crippen LogP contribution in [0.15, 0.2) is 0 Å². The third-order valence-electron chi connectivity index (χ3n) is 1.77. The maximum Gasteiger partial charge on any atom is 0.389 e. The van der Waals surface area contributed by atoms with Gasteiger partial charge in [-0.1, -0.05) is 0 Å². The van der Waals surface area contributed by atoms with E-state index in [1.54, 1.807) is 0 Å². The highest BCUT2D eigenvalue weighted by atomic mass is 31.2. The van der Waals surface area contributed by atoms with Crippen LogP contribution in [0.1, 0.15) is 12.8 Å². The first-order valence-electron chi connectivity index (χ1n) is 4.40. The fraction of sp³-hybridized carbons (Fsp3) is 0.857. The second-order valence-corrected chi connectivity index (χ2v) is 5.27. The first-order valence-corrected chi connectivity index (χ1v) is 6.20. The molecule has 0 saturated heterocycles. The molecular weight excluding hydrogens is 293 g/mol. The Morgan fingerprint density at radius 1 is 1.00 bits per heavy atom. The lowest BCUT2D eigenvalue weighted by atomic mass is 9.96. The minimum atomic E-state index is -5.03. The zero-order chi connectivity index (χ0) is 14.8. The van der Waals surface area contributed by atoms with Gasteiger partial charge in [-0.3, -0.25) is 9.36 Å². The fourth-order valence-electron chi connectivity index (χ4n) is 1.19. The molecule has 0 bridgehead atoms. The molecule has 0 aromatic rings. The van der Waals surface area contributed by atoms with Crippen molar-refractivity contribution in [3.8, 4) is 0 Å². The van der Waals surface area contributed by atoms with Gasteiger partial charge >= 0.3 is 19.9 Å². The Hall–Kier alpha value is -0.600. The monoisotopic (exact) mass is 302 g/mol. The summed E-state index contributed by atoms with van der Waals surface area (Å²) < 4.78 is 82.2. The Labute approximate surface area is 97.1 Å². The molecule has 0 aliphatic heterocycles. The topological polar surface area (TPSA) is 74.6 Å². The quantitative estimate of drug-likeness (QED) is 0.603. The van der Waals surface area contributed by atoms with Crippen molar-refractivity contribution in [3.05, 3.63) is 0 Å². The SMILES string of the molecule is O=C(CP(=O)(O)O)C(CC(F)(F)F)CC(F)(F)F. The van der Waals surface area contributed by atoms with Crippen LogP contribution in [0, 0.1) is 5.92 Å². The Morgan fingerprint density at radius 3 is 1.56 bits per heavy atom. The predicted octanol–water partition coefficient (Wildman–Crippen LogP) is 2.25. The van der Waals surface area contributed by atoms with E-state index in [0.29, 0.717) is 0 Å². The number of alkyl halides is 6. The first kappa shape index (κ1) is 17.4. The molecule has 108 valence electrons. The molecule has 0 amide bonds. The summed E-state index contributed by atoms with van der Waals surface area (Å²) in [5.41, 5.74) is 0. The van der Waals surface area contributed by atoms with Crippen molar-refractivity contribution in [3.63, 3.8) is 0 Å². The van der Waals surface area contributed by atoms with Crippen LogP contribution in [0.3, 0.4) is 0 Å². The minimum absolute atomic E-state index is 1.64. The molecule has 18 heavy (non-hydrogen) atoms. The van der Waals surface area contributed by atoms with E-state index in [1.807, 2.05) is 0 Å². The van der Waals surface area contributed by atoms with Crippen LogP contribution < -0.4 is 0 Å². The predicted molar refractivity (Wildman–Crippen MR) is 46.8 cm³/mol. The minimum Gasteiger partial charge on any atom is -0.324 e. The van der Waals surface area contributed by atoms with E-state index in [9.17, 15) is 35.7 Å². The summed E-state index contributed by atoms with van der Waals surface area (Å²) in [6, 6.07) is 0. The lowest BCUT2D eigenvalue weighted by Gasteiger charge is -2.19. The number of hydrogen-bond donors (Lipinski definition) is 2. The van der Waals surface area contributed by atoms with Crippen molar-refractivity contribution in [2.24, 2.45) is 5.92 Å². The van der Waals surface area contributed by atoms with Crippen LogP contribution in [-0.4, -0.2) is 34.1 Å². The van der Waals surface area contributed by atoms with Crippen molar-refractivity contribution in [1.29, 1.82) is 0 Å². The van der Waals surface area contributed by atoms with E-state index in [4.69, 9.17) is 9.79 Å². The van der Waals surface area contributed by atoms with Crippen LogP contribution in [-0.2, 0) is 9.36 Å². The summed E-state index contributed by atoms with van der Waals surface area (Å²) in [6.45, 7) is 0. The van der Waals surface area contributed by atoms with Gasteiger partial charge in [0.2, 0.25) is 0 Å². The van der Waals surface area contributed by atoms with Crippen LogP contribution in [0.4, 0.5) is 26.3 Å². The highest BCUT2D eigenvalue weighted by molar-refractivity contribution is 7.52. The Morgan fingerprint density at radius 2 is 1.33 bits per heavy atom. The molecule has 0 heterocycles. The molecule has 0 aliphatic rings. The molecular formula is C7H9F6O4P. The zero-order valence-electron chi connectivity index (χ0n) is 8.62. The van der Waals surface area contributed by atoms with E-state index < -0.39 is 50.7 Å². The van der Waals surface area contributed by atoms with Gasteiger partial charge in [0, 0.05) is 5.92 Å². The van der Waals surface area contributed by atoms with E-state index in [1.165, 1.54) is 0 Å². The van der Waals surface area contributed by atoms with Crippen molar-refractivity contribution in [2.75, 3.05) is 6.16 Å². The van der Waals surface area contributed by atoms with E-state index in [2.05, 4.69) is 0 Å². The number of halogens is 6. The van der Waals surface area contributed by atoms with Crippen LogP contribution >= 0.6 is 7.60 Å². The zero-order valence-corrected chi connectivity index (χ0v) is 9.52. The molecule has 0 aliphatic carbocycles. The van der Waals surface area contributed by atoms with Crippen LogP contribution in [0.25, 0.3) is 0 Å². The van der Waals surface area contributed by atoms with Crippen LogP contribution in [0.2, 0.25) is 0 Å². The lowest BCUT2D eigenvalue weighted by Crippen LogP contribution is -2.29. The van der Waals surface area contributed by atoms with E-state index >= 15 is 0 Å². The first-order chi connectivity index (χ1) is 7.70. The van der Waals surface area contributed by atoms with Crippen molar-refractivity contribution < 1.29 is 45.5 Å². The summed E-state index contributed by atoms with van der Waals surface area (Å²) >= 11 is 0. The summed E-state index contributed by atoms with van der Waals surface area (Å²) in [5.74, 6) is -4.28. The van der Waals surface area contributed by atoms with Crippen LogP contribution in [0.5, 0.6) is 0 Å². The summed E-state index contributed by atoms with van der Waals surface area (Å²) in [7, 11) is -4.99. The molecule has 11 heteroatoms. The number of ketones is 1. The summed E-state index contributed by atoms with van der Waals surface area (Å²) in [6.07, 6.45) is -15.8. The number of rotatable bonds is 5. The molecule has 2 N–H and O–H groups in total. The average Bonchev–Trinajstić information content (AvgIpc) is 1.93. The molecule has 0 radical (unpaired) electrons. The van der Waals surface area contributed by atoms with E-state index in [-0.39, 0.29) is 0 Å². The number of hydrogen-bond acceptors (Lipinski definition) is 2. The standard InChI is InChI=1S/C7H9F6O4P/c8-6(9,10)1-4(2-7(11,12)13)5(14)3-18(15,16)17/h4H,1-3H2,(H2,15,16,17). The molecule has 0 aromatic carbocycles. The second-order valence-electron chi connectivity index (χ2n) is 3.62.